The fourth-order valence-corrected chi connectivity index (χ4v) is 5.77. The Hall–Kier alpha value is -3.07. The van der Waals surface area contributed by atoms with Crippen LogP contribution in [0, 0.1) is 11.8 Å². The van der Waals surface area contributed by atoms with Crippen LogP contribution < -0.4 is 14.2 Å². The van der Waals surface area contributed by atoms with E-state index in [9.17, 15) is 18.0 Å². The maximum absolute atomic E-state index is 13.1. The Kier molecular flexibility index (Phi) is 6.10. The minimum Gasteiger partial charge on any atom is -0.497 e. The van der Waals surface area contributed by atoms with Gasteiger partial charge in [0.1, 0.15) is 16.4 Å². The lowest BCUT2D eigenvalue weighted by Gasteiger charge is -2.19. The summed E-state index contributed by atoms with van der Waals surface area (Å²) in [5.41, 5.74) is 0.878. The molecule has 2 aromatic rings. The molecular formula is C23H26N2O6S. The third-order valence-corrected chi connectivity index (χ3v) is 7.52. The van der Waals surface area contributed by atoms with Gasteiger partial charge in [0.05, 0.1) is 38.3 Å². The maximum atomic E-state index is 13.1. The molecule has 1 saturated carbocycles. The molecule has 0 unspecified atom stereocenters. The van der Waals surface area contributed by atoms with Gasteiger partial charge in [-0.15, -0.1) is 0 Å². The van der Waals surface area contributed by atoms with E-state index in [-0.39, 0.29) is 40.8 Å². The Labute approximate surface area is 187 Å². The minimum atomic E-state index is -4.00. The monoisotopic (exact) mass is 458 g/mol. The topological polar surface area (TPSA) is 102 Å². The molecule has 4 rings (SSSR count). The summed E-state index contributed by atoms with van der Waals surface area (Å²) in [6, 6.07) is 11.2. The van der Waals surface area contributed by atoms with Gasteiger partial charge in [0.15, 0.2) is 0 Å². The molecule has 9 heteroatoms. The zero-order chi connectivity index (χ0) is 22.9. The van der Waals surface area contributed by atoms with E-state index in [0.29, 0.717) is 17.0 Å². The van der Waals surface area contributed by atoms with Gasteiger partial charge in [-0.3, -0.25) is 19.2 Å². The van der Waals surface area contributed by atoms with E-state index < -0.39 is 10.0 Å². The number of anilines is 1. The quantitative estimate of drug-likeness (QED) is 0.640. The molecule has 1 aliphatic heterocycles. The number of nitrogens with zero attached hydrogens (tertiary/aromatic N) is 1. The summed E-state index contributed by atoms with van der Waals surface area (Å²) in [4.78, 5) is 26.8. The van der Waals surface area contributed by atoms with Gasteiger partial charge in [0, 0.05) is 6.07 Å². The fourth-order valence-electron chi connectivity index (χ4n) is 4.50. The molecule has 0 spiro atoms. The molecule has 170 valence electrons. The smallest absolute Gasteiger partial charge is 0.265 e. The largest absolute Gasteiger partial charge is 0.497 e. The van der Waals surface area contributed by atoms with Crippen molar-refractivity contribution in [3.63, 3.8) is 0 Å². The molecule has 2 atom stereocenters. The van der Waals surface area contributed by atoms with Gasteiger partial charge in [-0.25, -0.2) is 8.42 Å². The van der Waals surface area contributed by atoms with Gasteiger partial charge in [0.25, 0.3) is 10.0 Å². The van der Waals surface area contributed by atoms with E-state index in [1.807, 2.05) is 0 Å². The van der Waals surface area contributed by atoms with E-state index >= 15 is 0 Å². The Morgan fingerprint density at radius 2 is 1.66 bits per heavy atom. The van der Waals surface area contributed by atoms with Gasteiger partial charge in [-0.1, -0.05) is 25.0 Å². The highest BCUT2D eigenvalue weighted by molar-refractivity contribution is 7.92. The molecule has 1 N–H and O–H groups in total. The number of benzene rings is 2. The van der Waals surface area contributed by atoms with Crippen LogP contribution in [0.2, 0.25) is 0 Å². The number of rotatable bonds is 7. The van der Waals surface area contributed by atoms with Crippen LogP contribution in [0.4, 0.5) is 5.69 Å². The number of sulfonamides is 1. The van der Waals surface area contributed by atoms with Crippen molar-refractivity contribution in [2.75, 3.05) is 18.9 Å². The van der Waals surface area contributed by atoms with Crippen LogP contribution >= 0.6 is 0 Å². The normalized spacial score (nSPS) is 20.8. The van der Waals surface area contributed by atoms with Crippen molar-refractivity contribution in [2.45, 2.75) is 37.1 Å². The molecule has 1 saturated heterocycles. The second kappa shape index (κ2) is 8.82. The van der Waals surface area contributed by atoms with Crippen molar-refractivity contribution < 1.29 is 27.5 Å². The molecule has 8 nitrogen and oxygen atoms in total. The highest BCUT2D eigenvalue weighted by Gasteiger charge is 2.47. The number of nitrogens with one attached hydrogen (secondary N) is 1. The molecule has 2 aliphatic rings. The number of fused-ring (bicyclic) bond motifs is 1. The predicted molar refractivity (Wildman–Crippen MR) is 118 cm³/mol. The van der Waals surface area contributed by atoms with Crippen LogP contribution in [0.25, 0.3) is 0 Å². The molecule has 2 fully saturated rings. The summed E-state index contributed by atoms with van der Waals surface area (Å²) < 4.78 is 39.2. The third kappa shape index (κ3) is 4.17. The second-order valence-corrected chi connectivity index (χ2v) is 9.73. The van der Waals surface area contributed by atoms with Crippen LogP contribution in [0.5, 0.6) is 11.5 Å². The third-order valence-electron chi connectivity index (χ3n) is 6.11. The highest BCUT2D eigenvalue weighted by atomic mass is 32.2. The van der Waals surface area contributed by atoms with Crippen LogP contribution in [0.15, 0.2) is 47.4 Å². The zero-order valence-electron chi connectivity index (χ0n) is 18.0. The summed E-state index contributed by atoms with van der Waals surface area (Å²) in [6.07, 6.45) is 3.38. The summed E-state index contributed by atoms with van der Waals surface area (Å²) in [5, 5.41) is 0. The van der Waals surface area contributed by atoms with E-state index in [2.05, 4.69) is 4.72 Å². The predicted octanol–water partition coefficient (Wildman–Crippen LogP) is 3.18. The van der Waals surface area contributed by atoms with Crippen molar-refractivity contribution in [3.8, 4) is 11.5 Å². The van der Waals surface area contributed by atoms with E-state index in [4.69, 9.17) is 9.47 Å². The first-order valence-electron chi connectivity index (χ1n) is 10.5. The molecule has 32 heavy (non-hydrogen) atoms. The first kappa shape index (κ1) is 22.1. The molecule has 2 aromatic carbocycles. The molecule has 0 aromatic heterocycles. The maximum Gasteiger partial charge on any atom is 0.265 e. The van der Waals surface area contributed by atoms with Crippen LogP contribution in [-0.4, -0.2) is 39.4 Å². The number of hydrogen-bond donors (Lipinski definition) is 1. The number of carbonyl (C=O) groups excluding carboxylic acids is 2. The van der Waals surface area contributed by atoms with Crippen molar-refractivity contribution >= 4 is 27.5 Å². The number of ether oxygens (including phenoxy) is 2. The van der Waals surface area contributed by atoms with Gasteiger partial charge in [0.2, 0.25) is 11.8 Å². The second-order valence-electron chi connectivity index (χ2n) is 8.08. The number of amides is 2. The van der Waals surface area contributed by atoms with Crippen molar-refractivity contribution in [1.82, 2.24) is 4.90 Å². The Morgan fingerprint density at radius 3 is 2.28 bits per heavy atom. The Balaban J connectivity index is 1.61. The highest BCUT2D eigenvalue weighted by Crippen LogP contribution is 2.39. The fraction of sp³-hybridized carbons (Fsp3) is 0.391. The molecule has 1 heterocycles. The van der Waals surface area contributed by atoms with Crippen LogP contribution in [0.3, 0.4) is 0 Å². The minimum absolute atomic E-state index is 0.0380. The van der Waals surface area contributed by atoms with E-state index in [1.165, 1.54) is 31.3 Å². The first-order chi connectivity index (χ1) is 15.3. The molecule has 2 amide bonds. The molecular weight excluding hydrogens is 432 g/mol. The SMILES string of the molecule is COc1cccc(NS(=O)(=O)c2cc(CN3C(=O)[C@@H]4CCCC[C@H]4C3=O)ccc2OC)c1. The van der Waals surface area contributed by atoms with E-state index in [1.54, 1.807) is 30.3 Å². The van der Waals surface area contributed by atoms with Gasteiger partial charge < -0.3 is 9.47 Å². The van der Waals surface area contributed by atoms with Gasteiger partial charge >= 0.3 is 0 Å². The Morgan fingerprint density at radius 1 is 0.969 bits per heavy atom. The van der Waals surface area contributed by atoms with Crippen molar-refractivity contribution in [3.05, 3.63) is 48.0 Å². The number of likely N-dealkylation sites (tertiary alicyclic amines) is 1. The lowest BCUT2D eigenvalue weighted by atomic mass is 9.81. The summed E-state index contributed by atoms with van der Waals surface area (Å²) in [6.45, 7) is 0.0380. The van der Waals surface area contributed by atoms with E-state index in [0.717, 1.165) is 25.7 Å². The summed E-state index contributed by atoms with van der Waals surface area (Å²) in [5.74, 6) is -0.126. The lowest BCUT2D eigenvalue weighted by Crippen LogP contribution is -2.30. The summed E-state index contributed by atoms with van der Waals surface area (Å²) >= 11 is 0. The van der Waals surface area contributed by atoms with Crippen molar-refractivity contribution in [2.24, 2.45) is 11.8 Å². The zero-order valence-corrected chi connectivity index (χ0v) is 18.9. The van der Waals surface area contributed by atoms with Gasteiger partial charge in [-0.2, -0.15) is 0 Å². The van der Waals surface area contributed by atoms with Gasteiger partial charge in [-0.05, 0) is 42.7 Å². The Bertz CT molecular complexity index is 1120. The standard InChI is InChI=1S/C23H26N2O6S/c1-30-17-7-5-6-16(13-17)24-32(28,29)21-12-15(10-11-20(21)31-2)14-25-22(26)18-8-3-4-9-19(18)23(25)27/h5-7,10-13,18-19,24H,3-4,8-9,14H2,1-2H3/t18-,19-/m1/s1. The number of imide groups is 1. The molecule has 1 aliphatic carbocycles. The first-order valence-corrected chi connectivity index (χ1v) is 12.0. The summed E-state index contributed by atoms with van der Waals surface area (Å²) in [7, 11) is -1.12. The van der Waals surface area contributed by atoms with Crippen LogP contribution in [-0.2, 0) is 26.2 Å². The molecule has 0 radical (unpaired) electrons. The molecule has 0 bridgehead atoms. The van der Waals surface area contributed by atoms with Crippen LogP contribution in [0.1, 0.15) is 31.2 Å². The lowest BCUT2D eigenvalue weighted by molar-refractivity contribution is -0.140. The number of carbonyl (C=O) groups is 2. The number of hydrogen-bond acceptors (Lipinski definition) is 6. The number of methoxy groups -OCH3 is 2. The average Bonchev–Trinajstić information content (AvgIpc) is 3.04. The van der Waals surface area contributed by atoms with Crippen molar-refractivity contribution in [1.29, 1.82) is 0 Å². The average molecular weight is 459 g/mol.